The van der Waals surface area contributed by atoms with Crippen LogP contribution >= 0.6 is 0 Å². The zero-order valence-electron chi connectivity index (χ0n) is 24.0. The summed E-state index contributed by atoms with van der Waals surface area (Å²) in [5.41, 5.74) is 1.22. The van der Waals surface area contributed by atoms with Crippen LogP contribution in [0.15, 0.2) is 30.9 Å². The first kappa shape index (κ1) is 28.4. The van der Waals surface area contributed by atoms with Crippen LogP contribution in [-0.4, -0.2) is 90.2 Å². The van der Waals surface area contributed by atoms with Gasteiger partial charge in [0.2, 0.25) is 5.91 Å². The number of fused-ring (bicyclic) bond motifs is 1. The molecule has 12 heteroatoms. The van der Waals surface area contributed by atoms with Crippen molar-refractivity contribution in [1.29, 1.82) is 0 Å². The van der Waals surface area contributed by atoms with E-state index in [1.807, 2.05) is 6.92 Å². The van der Waals surface area contributed by atoms with Crippen LogP contribution in [0.2, 0.25) is 0 Å². The van der Waals surface area contributed by atoms with Crippen molar-refractivity contribution in [2.75, 3.05) is 54.9 Å². The Balaban J connectivity index is 1.21. The Morgan fingerprint density at radius 2 is 1.95 bits per heavy atom. The minimum atomic E-state index is -0.614. The van der Waals surface area contributed by atoms with Crippen molar-refractivity contribution in [3.8, 4) is 0 Å². The van der Waals surface area contributed by atoms with Gasteiger partial charge in [-0.05, 0) is 51.0 Å². The van der Waals surface area contributed by atoms with Crippen LogP contribution in [0, 0.1) is 11.6 Å². The lowest BCUT2D eigenvalue weighted by Gasteiger charge is -2.46. The fourth-order valence-electron chi connectivity index (χ4n) is 6.37. The Labute approximate surface area is 244 Å². The number of rotatable bonds is 7. The van der Waals surface area contributed by atoms with E-state index in [4.69, 9.17) is 4.74 Å². The summed E-state index contributed by atoms with van der Waals surface area (Å²) in [7, 11) is 0. The molecule has 3 fully saturated rings. The van der Waals surface area contributed by atoms with Crippen molar-refractivity contribution in [2.24, 2.45) is 0 Å². The molecule has 1 aromatic carbocycles. The van der Waals surface area contributed by atoms with E-state index in [9.17, 15) is 9.59 Å². The van der Waals surface area contributed by atoms with Gasteiger partial charge in [-0.15, -0.1) is 0 Å². The van der Waals surface area contributed by atoms with Crippen LogP contribution in [0.1, 0.15) is 42.6 Å². The number of piperidine rings is 1. The Hall–Kier alpha value is -3.77. The average molecular weight is 582 g/mol. The van der Waals surface area contributed by atoms with E-state index in [1.54, 1.807) is 17.0 Å². The van der Waals surface area contributed by atoms with Gasteiger partial charge in [0.05, 0.1) is 30.5 Å². The normalized spacial score (nSPS) is 24.6. The molecule has 10 nitrogen and oxygen atoms in total. The van der Waals surface area contributed by atoms with Gasteiger partial charge < -0.3 is 30.5 Å². The third-order valence-electron chi connectivity index (χ3n) is 8.88. The van der Waals surface area contributed by atoms with Gasteiger partial charge in [-0.1, -0.05) is 6.58 Å². The maximum atomic E-state index is 15.6. The van der Waals surface area contributed by atoms with E-state index in [-0.39, 0.29) is 53.3 Å². The fourth-order valence-corrected chi connectivity index (χ4v) is 6.37. The zero-order chi connectivity index (χ0) is 29.5. The number of carbonyl (C=O) groups is 2. The number of benzene rings is 1. The standard InChI is InChI=1S/C30H37F2N7O3/c1-4-25(40)39-14-20(6-5-17(39)2)35-29-27(32)22-12-33-30(41)26(22)28(36-29)34-19-7-8-24(23(31)11-19)38-10-9-37(13-18(38)3)21-15-42-16-21/h4,7-8,11,17-18,20-21H,1,5-6,9-10,12-16H2,2-3H3,(H,33,41)(H2,34,35,36)/t17-,18-,20+/m0/s1. The number of halogens is 2. The van der Waals surface area contributed by atoms with Crippen molar-refractivity contribution in [3.63, 3.8) is 0 Å². The van der Waals surface area contributed by atoms with Gasteiger partial charge in [0.15, 0.2) is 11.6 Å². The maximum Gasteiger partial charge on any atom is 0.255 e. The summed E-state index contributed by atoms with van der Waals surface area (Å²) in [4.78, 5) is 35.6. The summed E-state index contributed by atoms with van der Waals surface area (Å²) in [6.45, 7) is 11.9. The summed E-state index contributed by atoms with van der Waals surface area (Å²) >= 11 is 0. The number of aromatic nitrogens is 1. The van der Waals surface area contributed by atoms with Crippen LogP contribution in [-0.2, 0) is 16.1 Å². The number of ether oxygens (including phenoxy) is 1. The molecule has 3 saturated heterocycles. The molecule has 3 N–H and O–H groups in total. The summed E-state index contributed by atoms with van der Waals surface area (Å²) in [5, 5.41) is 8.88. The second-order valence-corrected chi connectivity index (χ2v) is 11.6. The number of pyridine rings is 1. The summed E-state index contributed by atoms with van der Waals surface area (Å²) < 4.78 is 36.4. The number of amides is 2. The van der Waals surface area contributed by atoms with Gasteiger partial charge >= 0.3 is 0 Å². The number of nitrogens with zero attached hydrogens (tertiary/aromatic N) is 4. The molecule has 42 heavy (non-hydrogen) atoms. The van der Waals surface area contributed by atoms with Gasteiger partial charge in [-0.2, -0.15) is 0 Å². The Morgan fingerprint density at radius 1 is 1.14 bits per heavy atom. The highest BCUT2D eigenvalue weighted by molar-refractivity contribution is 6.03. The van der Waals surface area contributed by atoms with Crippen LogP contribution in [0.3, 0.4) is 0 Å². The zero-order valence-corrected chi connectivity index (χ0v) is 24.0. The first-order valence-electron chi connectivity index (χ1n) is 14.6. The van der Waals surface area contributed by atoms with E-state index >= 15 is 8.78 Å². The number of nitrogens with one attached hydrogen (secondary N) is 3. The molecule has 0 unspecified atom stereocenters. The summed E-state index contributed by atoms with van der Waals surface area (Å²) in [6, 6.07) is 5.25. The van der Waals surface area contributed by atoms with Crippen molar-refractivity contribution in [1.82, 2.24) is 20.1 Å². The van der Waals surface area contributed by atoms with Gasteiger partial charge in [0.1, 0.15) is 11.6 Å². The fraction of sp³-hybridized carbons (Fsp3) is 0.500. The maximum absolute atomic E-state index is 15.6. The van der Waals surface area contributed by atoms with E-state index in [1.165, 1.54) is 12.1 Å². The number of carbonyl (C=O) groups excluding carboxylic acids is 2. The monoisotopic (exact) mass is 581 g/mol. The molecular formula is C30H37F2N7O3. The molecular weight excluding hydrogens is 544 g/mol. The number of likely N-dealkylation sites (tertiary alicyclic amines) is 1. The first-order valence-corrected chi connectivity index (χ1v) is 14.6. The van der Waals surface area contributed by atoms with E-state index < -0.39 is 17.5 Å². The molecule has 0 radical (unpaired) electrons. The largest absolute Gasteiger partial charge is 0.378 e. The highest BCUT2D eigenvalue weighted by Gasteiger charge is 2.34. The van der Waals surface area contributed by atoms with Crippen LogP contribution in [0.25, 0.3) is 0 Å². The molecule has 4 aliphatic rings. The molecule has 1 aromatic heterocycles. The van der Waals surface area contributed by atoms with Gasteiger partial charge in [0.25, 0.3) is 5.91 Å². The number of piperazine rings is 1. The molecule has 2 aromatic rings. The van der Waals surface area contributed by atoms with Crippen molar-refractivity contribution in [3.05, 3.63) is 53.6 Å². The van der Waals surface area contributed by atoms with Gasteiger partial charge in [-0.25, -0.2) is 13.8 Å². The van der Waals surface area contributed by atoms with Crippen molar-refractivity contribution in [2.45, 2.75) is 57.4 Å². The quantitative estimate of drug-likeness (QED) is 0.429. The van der Waals surface area contributed by atoms with E-state index in [0.717, 1.165) is 32.7 Å². The van der Waals surface area contributed by atoms with Gasteiger partial charge in [-0.3, -0.25) is 14.5 Å². The topological polar surface area (TPSA) is 102 Å². The predicted molar refractivity (Wildman–Crippen MR) is 156 cm³/mol. The molecule has 5 heterocycles. The molecule has 0 aliphatic carbocycles. The highest BCUT2D eigenvalue weighted by Crippen LogP contribution is 2.34. The summed E-state index contributed by atoms with van der Waals surface area (Å²) in [6.07, 6.45) is 2.74. The molecule has 6 rings (SSSR count). The van der Waals surface area contributed by atoms with Crippen LogP contribution in [0.5, 0.6) is 0 Å². The van der Waals surface area contributed by atoms with Crippen LogP contribution in [0.4, 0.5) is 31.8 Å². The Bertz CT molecular complexity index is 1400. The molecule has 224 valence electrons. The van der Waals surface area contributed by atoms with E-state index in [2.05, 4.69) is 44.2 Å². The van der Waals surface area contributed by atoms with Crippen molar-refractivity contribution < 1.29 is 23.1 Å². The lowest BCUT2D eigenvalue weighted by molar-refractivity contribution is -0.129. The average Bonchev–Trinajstić information content (AvgIpc) is 3.33. The summed E-state index contributed by atoms with van der Waals surface area (Å²) in [5.74, 6) is -1.50. The Kier molecular flexibility index (Phi) is 7.75. The number of hydrogen-bond donors (Lipinski definition) is 3. The third kappa shape index (κ3) is 5.29. The molecule has 0 bridgehead atoms. The molecule has 3 atom stereocenters. The molecule has 4 aliphatic heterocycles. The first-order chi connectivity index (χ1) is 20.2. The second-order valence-electron chi connectivity index (χ2n) is 11.6. The molecule has 0 spiro atoms. The van der Waals surface area contributed by atoms with E-state index in [0.29, 0.717) is 36.9 Å². The number of anilines is 4. The van der Waals surface area contributed by atoms with Crippen molar-refractivity contribution >= 4 is 34.8 Å². The highest BCUT2D eigenvalue weighted by atomic mass is 19.1. The smallest absolute Gasteiger partial charge is 0.255 e. The third-order valence-corrected chi connectivity index (χ3v) is 8.88. The Morgan fingerprint density at radius 3 is 2.64 bits per heavy atom. The molecule has 0 saturated carbocycles. The SMILES string of the molecule is C=CC(=O)N1C[C@H](Nc2nc(Nc3ccc(N4CCN(C5COC5)C[C@@H]4C)c(F)c3)c3c(c2F)CNC3=O)CC[C@@H]1C. The molecule has 2 amide bonds. The lowest BCUT2D eigenvalue weighted by Crippen LogP contribution is -2.59. The van der Waals surface area contributed by atoms with Crippen LogP contribution < -0.4 is 20.9 Å². The number of hydrogen-bond acceptors (Lipinski definition) is 8. The van der Waals surface area contributed by atoms with Gasteiger partial charge in [0, 0.05) is 62.1 Å². The predicted octanol–water partition coefficient (Wildman–Crippen LogP) is 3.23. The minimum Gasteiger partial charge on any atom is -0.378 e. The second kappa shape index (κ2) is 11.5. The lowest BCUT2D eigenvalue weighted by atomic mass is 9.99. The minimum absolute atomic E-state index is 0.0149.